The number of rotatable bonds is 7. The van der Waals surface area contributed by atoms with E-state index in [1.54, 1.807) is 30.5 Å². The predicted molar refractivity (Wildman–Crippen MR) is 100 cm³/mol. The van der Waals surface area contributed by atoms with Gasteiger partial charge in [0.15, 0.2) is 0 Å². The Bertz CT molecular complexity index is 908. The summed E-state index contributed by atoms with van der Waals surface area (Å²) in [6, 6.07) is 19.1. The predicted octanol–water partition coefficient (Wildman–Crippen LogP) is 4.56. The lowest BCUT2D eigenvalue weighted by molar-refractivity contribution is -0.138. The fraction of sp³-hybridized carbons (Fsp3) is 0.0909. The van der Waals surface area contributed by atoms with Gasteiger partial charge >= 0.3 is 5.97 Å². The Hall–Kier alpha value is -3.47. The van der Waals surface area contributed by atoms with Gasteiger partial charge in [-0.15, -0.1) is 0 Å². The minimum absolute atomic E-state index is 0.101. The zero-order chi connectivity index (χ0) is 18.9. The number of hydrogen-bond donors (Lipinski definition) is 0. The third-order valence-electron chi connectivity index (χ3n) is 3.73. The van der Waals surface area contributed by atoms with Gasteiger partial charge in [-0.05, 0) is 42.0 Å². The monoisotopic (exact) mass is 363 g/mol. The maximum Gasteiger partial charge on any atom is 0.331 e. The molecule has 136 valence electrons. The number of esters is 1. The van der Waals surface area contributed by atoms with Crippen LogP contribution in [0.2, 0.25) is 0 Å². The first-order valence-corrected chi connectivity index (χ1v) is 8.42. The van der Waals surface area contributed by atoms with Crippen LogP contribution in [0.15, 0.2) is 79.0 Å². The third-order valence-corrected chi connectivity index (χ3v) is 3.73. The van der Waals surface area contributed by atoms with Crippen molar-refractivity contribution in [3.63, 3.8) is 0 Å². The van der Waals surface area contributed by atoms with Gasteiger partial charge < -0.3 is 9.47 Å². The molecule has 0 bridgehead atoms. The quantitative estimate of drug-likeness (QED) is 0.456. The molecule has 0 unspecified atom stereocenters. The van der Waals surface area contributed by atoms with E-state index >= 15 is 0 Å². The fourth-order valence-electron chi connectivity index (χ4n) is 2.29. The van der Waals surface area contributed by atoms with Gasteiger partial charge in [0.05, 0.1) is 5.69 Å². The van der Waals surface area contributed by atoms with E-state index in [9.17, 15) is 9.18 Å². The van der Waals surface area contributed by atoms with Crippen molar-refractivity contribution in [3.8, 4) is 5.75 Å². The molecular formula is C22H18FNO3. The second kappa shape index (κ2) is 9.29. The third kappa shape index (κ3) is 5.78. The van der Waals surface area contributed by atoms with E-state index in [0.717, 1.165) is 11.3 Å². The molecule has 5 heteroatoms. The van der Waals surface area contributed by atoms with Crippen LogP contribution in [0.25, 0.3) is 6.08 Å². The molecule has 0 aliphatic carbocycles. The maximum absolute atomic E-state index is 13.5. The van der Waals surface area contributed by atoms with Gasteiger partial charge in [0.1, 0.15) is 24.8 Å². The topological polar surface area (TPSA) is 48.4 Å². The molecular weight excluding hydrogens is 345 g/mol. The van der Waals surface area contributed by atoms with Crippen LogP contribution in [0.5, 0.6) is 5.75 Å². The summed E-state index contributed by atoms with van der Waals surface area (Å²) in [7, 11) is 0. The number of aromatic nitrogens is 1. The van der Waals surface area contributed by atoms with Gasteiger partial charge in [0.25, 0.3) is 0 Å². The molecule has 0 fully saturated rings. The summed E-state index contributed by atoms with van der Waals surface area (Å²) in [6.45, 7) is 0.286. The van der Waals surface area contributed by atoms with Crippen molar-refractivity contribution in [1.29, 1.82) is 0 Å². The lowest BCUT2D eigenvalue weighted by atomic mass is 10.2. The van der Waals surface area contributed by atoms with E-state index in [2.05, 4.69) is 4.98 Å². The molecule has 1 heterocycles. The molecule has 0 N–H and O–H groups in total. The van der Waals surface area contributed by atoms with Crippen molar-refractivity contribution in [3.05, 3.63) is 102 Å². The second-order valence-corrected chi connectivity index (χ2v) is 5.71. The van der Waals surface area contributed by atoms with Crippen molar-refractivity contribution < 1.29 is 18.7 Å². The van der Waals surface area contributed by atoms with Gasteiger partial charge in [0.2, 0.25) is 0 Å². The van der Waals surface area contributed by atoms with Crippen molar-refractivity contribution >= 4 is 12.0 Å². The standard InChI is InChI=1S/C22H18FNO3/c23-21-7-2-1-5-18(21)15-27-22(25)13-10-17-8-11-20(12-9-17)26-16-19-6-3-4-14-24-19/h1-14H,15-16H2/b13-10+. The first-order chi connectivity index (χ1) is 13.2. The summed E-state index contributed by atoms with van der Waals surface area (Å²) in [4.78, 5) is 16.0. The Balaban J connectivity index is 1.48. The van der Waals surface area contributed by atoms with Crippen LogP contribution in [0, 0.1) is 5.82 Å². The molecule has 0 aliphatic heterocycles. The number of carbonyl (C=O) groups excluding carboxylic acids is 1. The van der Waals surface area contributed by atoms with E-state index in [-0.39, 0.29) is 6.61 Å². The maximum atomic E-state index is 13.5. The van der Waals surface area contributed by atoms with E-state index in [1.807, 2.05) is 42.5 Å². The highest BCUT2D eigenvalue weighted by molar-refractivity contribution is 5.87. The van der Waals surface area contributed by atoms with E-state index in [4.69, 9.17) is 9.47 Å². The van der Waals surface area contributed by atoms with Crippen LogP contribution in [0.3, 0.4) is 0 Å². The summed E-state index contributed by atoms with van der Waals surface area (Å²) in [6.07, 6.45) is 4.66. The number of pyridine rings is 1. The normalized spacial score (nSPS) is 10.7. The number of hydrogen-bond acceptors (Lipinski definition) is 4. The van der Waals surface area contributed by atoms with Crippen LogP contribution in [0.4, 0.5) is 4.39 Å². The molecule has 0 radical (unpaired) electrons. The first kappa shape index (κ1) is 18.3. The lowest BCUT2D eigenvalue weighted by Gasteiger charge is -2.06. The molecule has 27 heavy (non-hydrogen) atoms. The minimum atomic E-state index is -0.534. The molecule has 0 amide bonds. The molecule has 3 rings (SSSR count). The van der Waals surface area contributed by atoms with Crippen molar-refractivity contribution in [2.24, 2.45) is 0 Å². The highest BCUT2D eigenvalue weighted by atomic mass is 19.1. The Morgan fingerprint density at radius 3 is 2.48 bits per heavy atom. The Morgan fingerprint density at radius 2 is 1.74 bits per heavy atom. The number of benzene rings is 2. The smallest absolute Gasteiger partial charge is 0.331 e. The average molecular weight is 363 g/mol. The average Bonchev–Trinajstić information content (AvgIpc) is 2.71. The number of carbonyl (C=O) groups is 1. The Labute approximate surface area is 156 Å². The molecule has 4 nitrogen and oxygen atoms in total. The minimum Gasteiger partial charge on any atom is -0.487 e. The molecule has 0 aliphatic rings. The van der Waals surface area contributed by atoms with Gasteiger partial charge in [-0.3, -0.25) is 4.98 Å². The zero-order valence-electron chi connectivity index (χ0n) is 14.5. The van der Waals surface area contributed by atoms with Crippen molar-refractivity contribution in [2.45, 2.75) is 13.2 Å². The number of ether oxygens (including phenoxy) is 2. The van der Waals surface area contributed by atoms with Crippen molar-refractivity contribution in [2.75, 3.05) is 0 Å². The molecule has 1 aromatic heterocycles. The summed E-state index contributed by atoms with van der Waals surface area (Å²) in [5, 5.41) is 0. The number of nitrogens with zero attached hydrogens (tertiary/aromatic N) is 1. The number of halogens is 1. The first-order valence-electron chi connectivity index (χ1n) is 8.42. The molecule has 0 saturated carbocycles. The molecule has 0 atom stereocenters. The second-order valence-electron chi connectivity index (χ2n) is 5.71. The fourth-order valence-corrected chi connectivity index (χ4v) is 2.29. The van der Waals surface area contributed by atoms with Gasteiger partial charge in [0, 0.05) is 17.8 Å². The molecule has 0 saturated heterocycles. The van der Waals surface area contributed by atoms with Gasteiger partial charge in [-0.2, -0.15) is 0 Å². The summed E-state index contributed by atoms with van der Waals surface area (Å²) in [5.74, 6) is -0.218. The van der Waals surface area contributed by atoms with Crippen LogP contribution < -0.4 is 4.74 Å². The summed E-state index contributed by atoms with van der Waals surface area (Å²) in [5.41, 5.74) is 2.01. The van der Waals surface area contributed by atoms with Crippen LogP contribution in [-0.2, 0) is 22.7 Å². The summed E-state index contributed by atoms with van der Waals surface area (Å²) >= 11 is 0. The van der Waals surface area contributed by atoms with Gasteiger partial charge in [-0.25, -0.2) is 9.18 Å². The Kier molecular flexibility index (Phi) is 6.30. The van der Waals surface area contributed by atoms with E-state index < -0.39 is 11.8 Å². The van der Waals surface area contributed by atoms with Crippen LogP contribution in [-0.4, -0.2) is 11.0 Å². The van der Waals surface area contributed by atoms with Gasteiger partial charge in [-0.1, -0.05) is 36.4 Å². The molecule has 2 aromatic carbocycles. The molecule has 0 spiro atoms. The van der Waals surface area contributed by atoms with Crippen LogP contribution in [0.1, 0.15) is 16.8 Å². The highest BCUT2D eigenvalue weighted by Crippen LogP contribution is 2.15. The summed E-state index contributed by atoms with van der Waals surface area (Å²) < 4.78 is 24.2. The SMILES string of the molecule is O=C(/C=C/c1ccc(OCc2ccccn2)cc1)OCc1ccccc1F. The van der Waals surface area contributed by atoms with E-state index in [0.29, 0.717) is 17.9 Å². The van der Waals surface area contributed by atoms with E-state index in [1.165, 1.54) is 12.1 Å². The largest absolute Gasteiger partial charge is 0.487 e. The lowest BCUT2D eigenvalue weighted by Crippen LogP contribution is -2.02. The van der Waals surface area contributed by atoms with Crippen molar-refractivity contribution in [1.82, 2.24) is 4.98 Å². The zero-order valence-corrected chi connectivity index (χ0v) is 14.5. The van der Waals surface area contributed by atoms with Crippen LogP contribution >= 0.6 is 0 Å². The highest BCUT2D eigenvalue weighted by Gasteiger charge is 2.03. The Morgan fingerprint density at radius 1 is 0.963 bits per heavy atom. The molecule has 3 aromatic rings.